The van der Waals surface area contributed by atoms with E-state index in [1.54, 1.807) is 12.1 Å². The van der Waals surface area contributed by atoms with Gasteiger partial charge in [0, 0.05) is 17.3 Å². The van der Waals surface area contributed by atoms with Crippen LogP contribution in [0.5, 0.6) is 11.5 Å². The van der Waals surface area contributed by atoms with Crippen molar-refractivity contribution >= 4 is 22.6 Å². The molecule has 3 heterocycles. The molecule has 8 heteroatoms. The average Bonchev–Trinajstić information content (AvgIpc) is 3.29. The highest BCUT2D eigenvalue weighted by Crippen LogP contribution is 2.37. The van der Waals surface area contributed by atoms with Gasteiger partial charge in [0.05, 0.1) is 0 Å². The summed E-state index contributed by atoms with van der Waals surface area (Å²) >= 11 is 0. The molecule has 128 valence electrons. The third kappa shape index (κ3) is 2.39. The van der Waals surface area contributed by atoms with Crippen molar-refractivity contribution in [1.29, 1.82) is 0 Å². The summed E-state index contributed by atoms with van der Waals surface area (Å²) in [4.78, 5) is 8.41. The minimum Gasteiger partial charge on any atom is -0.454 e. The molecular formula is C18H11FN4O3. The summed E-state index contributed by atoms with van der Waals surface area (Å²) in [5, 5.41) is 7.90. The Morgan fingerprint density at radius 2 is 1.81 bits per heavy atom. The van der Waals surface area contributed by atoms with Gasteiger partial charge >= 0.3 is 0 Å². The van der Waals surface area contributed by atoms with Gasteiger partial charge in [-0.25, -0.2) is 9.37 Å². The number of nitrogens with zero attached hydrogens (tertiary/aromatic N) is 3. The summed E-state index contributed by atoms with van der Waals surface area (Å²) in [5.74, 6) is 1.55. The van der Waals surface area contributed by atoms with E-state index < -0.39 is 0 Å². The normalized spacial score (nSPS) is 12.5. The van der Waals surface area contributed by atoms with E-state index in [4.69, 9.17) is 14.0 Å². The van der Waals surface area contributed by atoms with Gasteiger partial charge < -0.3 is 19.3 Å². The molecule has 0 unspecified atom stereocenters. The second-order valence-corrected chi connectivity index (χ2v) is 5.63. The lowest BCUT2D eigenvalue weighted by atomic mass is 10.1. The van der Waals surface area contributed by atoms with Crippen LogP contribution < -0.4 is 14.8 Å². The van der Waals surface area contributed by atoms with E-state index in [9.17, 15) is 4.39 Å². The first-order valence-corrected chi connectivity index (χ1v) is 7.81. The van der Waals surface area contributed by atoms with Gasteiger partial charge in [-0.3, -0.25) is 0 Å². The fourth-order valence-electron chi connectivity index (χ4n) is 2.80. The molecule has 0 saturated carbocycles. The standard InChI is InChI=1S/C18H11FN4O3/c19-11-3-1-10(2-4-11)16-15-17(20-8-21-18(15)26-23-16)22-12-5-6-13-14(7-12)25-9-24-13/h1-8H,9H2,(H,20,21,22). The SMILES string of the molecule is Fc1ccc(-c2noc3ncnc(Nc4ccc5c(c4)OCO5)c23)cc1. The number of rotatable bonds is 3. The first kappa shape index (κ1) is 14.6. The Bertz CT molecular complexity index is 1110. The van der Waals surface area contributed by atoms with Crippen molar-refractivity contribution in [2.45, 2.75) is 0 Å². The van der Waals surface area contributed by atoms with Gasteiger partial charge in [-0.15, -0.1) is 0 Å². The number of hydrogen-bond acceptors (Lipinski definition) is 7. The maximum Gasteiger partial charge on any atom is 0.263 e. The van der Waals surface area contributed by atoms with Crippen LogP contribution in [0.25, 0.3) is 22.4 Å². The average molecular weight is 350 g/mol. The Morgan fingerprint density at radius 3 is 2.69 bits per heavy atom. The minimum absolute atomic E-state index is 0.205. The molecule has 26 heavy (non-hydrogen) atoms. The summed E-state index contributed by atoms with van der Waals surface area (Å²) in [5.41, 5.74) is 2.33. The molecule has 0 bridgehead atoms. The molecule has 4 aromatic rings. The molecule has 1 aliphatic heterocycles. The number of nitrogens with one attached hydrogen (secondary N) is 1. The van der Waals surface area contributed by atoms with Crippen LogP contribution in [0, 0.1) is 5.82 Å². The molecule has 5 rings (SSSR count). The molecule has 0 aliphatic carbocycles. The first-order valence-electron chi connectivity index (χ1n) is 7.81. The number of ether oxygens (including phenoxy) is 2. The van der Waals surface area contributed by atoms with E-state index in [-0.39, 0.29) is 12.6 Å². The van der Waals surface area contributed by atoms with Crippen molar-refractivity contribution in [2.75, 3.05) is 12.1 Å². The van der Waals surface area contributed by atoms with Crippen molar-refractivity contribution in [1.82, 2.24) is 15.1 Å². The van der Waals surface area contributed by atoms with E-state index in [0.717, 1.165) is 5.69 Å². The number of aromatic nitrogens is 3. The zero-order valence-electron chi connectivity index (χ0n) is 13.3. The predicted molar refractivity (Wildman–Crippen MR) is 90.8 cm³/mol. The monoisotopic (exact) mass is 350 g/mol. The van der Waals surface area contributed by atoms with Gasteiger partial charge in [-0.1, -0.05) is 5.16 Å². The Hall–Kier alpha value is -3.68. The van der Waals surface area contributed by atoms with Crippen LogP contribution in [0.3, 0.4) is 0 Å². The summed E-state index contributed by atoms with van der Waals surface area (Å²) in [7, 11) is 0. The maximum atomic E-state index is 13.2. The van der Waals surface area contributed by atoms with Gasteiger partial charge in [0.1, 0.15) is 29.0 Å². The zero-order chi connectivity index (χ0) is 17.5. The van der Waals surface area contributed by atoms with Crippen LogP contribution in [0.15, 0.2) is 53.3 Å². The van der Waals surface area contributed by atoms with E-state index in [2.05, 4.69) is 20.4 Å². The van der Waals surface area contributed by atoms with Crippen LogP contribution in [0.1, 0.15) is 0 Å². The number of halogens is 1. The molecule has 2 aromatic carbocycles. The molecule has 0 atom stereocenters. The van der Waals surface area contributed by atoms with Crippen LogP contribution in [0.2, 0.25) is 0 Å². The Morgan fingerprint density at radius 1 is 0.962 bits per heavy atom. The predicted octanol–water partition coefficient (Wildman–Crippen LogP) is 3.90. The highest BCUT2D eigenvalue weighted by Gasteiger charge is 2.18. The molecule has 0 saturated heterocycles. The summed E-state index contributed by atoms with van der Waals surface area (Å²) in [6, 6.07) is 11.5. The van der Waals surface area contributed by atoms with Crippen molar-refractivity contribution in [2.24, 2.45) is 0 Å². The smallest absolute Gasteiger partial charge is 0.263 e. The Balaban J connectivity index is 1.59. The van der Waals surface area contributed by atoms with Crippen LogP contribution in [-0.4, -0.2) is 21.9 Å². The molecule has 1 aliphatic rings. The molecular weight excluding hydrogens is 339 g/mol. The Kier molecular flexibility index (Phi) is 3.21. The quantitative estimate of drug-likeness (QED) is 0.600. The molecule has 1 N–H and O–H groups in total. The zero-order valence-corrected chi connectivity index (χ0v) is 13.3. The van der Waals surface area contributed by atoms with Crippen LogP contribution in [0.4, 0.5) is 15.9 Å². The maximum absolute atomic E-state index is 13.2. The third-order valence-corrected chi connectivity index (χ3v) is 4.03. The lowest BCUT2D eigenvalue weighted by Gasteiger charge is -2.07. The van der Waals surface area contributed by atoms with Crippen molar-refractivity contribution < 1.29 is 18.4 Å². The largest absolute Gasteiger partial charge is 0.454 e. The Labute approximate surface area is 146 Å². The fourth-order valence-corrected chi connectivity index (χ4v) is 2.80. The number of hydrogen-bond donors (Lipinski definition) is 1. The van der Waals surface area contributed by atoms with E-state index >= 15 is 0 Å². The van der Waals surface area contributed by atoms with Crippen molar-refractivity contribution in [3.05, 3.63) is 54.6 Å². The first-order chi connectivity index (χ1) is 12.8. The lowest BCUT2D eigenvalue weighted by molar-refractivity contribution is 0.174. The molecule has 2 aromatic heterocycles. The van der Waals surface area contributed by atoms with Gasteiger partial charge in [0.2, 0.25) is 6.79 Å². The fraction of sp³-hybridized carbons (Fsp3) is 0.0556. The van der Waals surface area contributed by atoms with Gasteiger partial charge in [0.15, 0.2) is 11.5 Å². The number of fused-ring (bicyclic) bond motifs is 2. The van der Waals surface area contributed by atoms with E-state index in [1.165, 1.54) is 18.5 Å². The summed E-state index contributed by atoms with van der Waals surface area (Å²) in [6.07, 6.45) is 1.39. The van der Waals surface area contributed by atoms with E-state index in [1.807, 2.05) is 18.2 Å². The van der Waals surface area contributed by atoms with Gasteiger partial charge in [-0.2, -0.15) is 4.98 Å². The third-order valence-electron chi connectivity index (χ3n) is 4.03. The summed E-state index contributed by atoms with van der Waals surface area (Å²) in [6.45, 7) is 0.205. The minimum atomic E-state index is -0.323. The highest BCUT2D eigenvalue weighted by atomic mass is 19.1. The lowest BCUT2D eigenvalue weighted by Crippen LogP contribution is -1.96. The number of benzene rings is 2. The van der Waals surface area contributed by atoms with Crippen LogP contribution in [-0.2, 0) is 0 Å². The van der Waals surface area contributed by atoms with Crippen molar-refractivity contribution in [3.8, 4) is 22.8 Å². The molecule has 7 nitrogen and oxygen atoms in total. The number of anilines is 2. The second kappa shape index (κ2) is 5.69. The van der Waals surface area contributed by atoms with Crippen LogP contribution >= 0.6 is 0 Å². The van der Waals surface area contributed by atoms with E-state index in [0.29, 0.717) is 39.7 Å². The molecule has 0 amide bonds. The highest BCUT2D eigenvalue weighted by molar-refractivity contribution is 5.98. The van der Waals surface area contributed by atoms with Crippen molar-refractivity contribution in [3.63, 3.8) is 0 Å². The molecule has 0 spiro atoms. The second-order valence-electron chi connectivity index (χ2n) is 5.63. The van der Waals surface area contributed by atoms with Gasteiger partial charge in [-0.05, 0) is 36.4 Å². The topological polar surface area (TPSA) is 82.3 Å². The summed E-state index contributed by atoms with van der Waals surface area (Å²) < 4.78 is 29.2. The van der Waals surface area contributed by atoms with Gasteiger partial charge in [0.25, 0.3) is 5.71 Å². The molecule has 0 fully saturated rings. The molecule has 0 radical (unpaired) electrons.